The zero-order valence-electron chi connectivity index (χ0n) is 94.8. The summed E-state index contributed by atoms with van der Waals surface area (Å²) in [6, 6.07) is 139. The van der Waals surface area contributed by atoms with Crippen LogP contribution in [-0.2, 0) is 0 Å². The van der Waals surface area contributed by atoms with Crippen LogP contribution < -0.4 is 0 Å². The van der Waals surface area contributed by atoms with Gasteiger partial charge in [-0.2, -0.15) is 29.9 Å². The van der Waals surface area contributed by atoms with Gasteiger partial charge < -0.3 is 13.7 Å². The Labute approximate surface area is 882 Å². The fourth-order valence-electron chi connectivity index (χ4n) is 21.3. The molecule has 0 aliphatic heterocycles. The van der Waals surface area contributed by atoms with E-state index in [1.54, 1.807) is 4.57 Å². The largest absolute Gasteiger partial charge is 0.309 e. The molecule has 0 spiro atoms. The highest BCUT2D eigenvalue weighted by Gasteiger charge is 2.29. The Morgan fingerprint density at radius 3 is 0.807 bits per heavy atom. The Morgan fingerprint density at radius 1 is 0.147 bits per heavy atom. The second kappa shape index (κ2) is 37.0. The van der Waals surface area contributed by atoms with Gasteiger partial charge in [0.05, 0.1) is 86.8 Å². The molecule has 15 nitrogen and oxygen atoms in total. The second-order valence-corrected chi connectivity index (χ2v) is 36.3. The van der Waals surface area contributed by atoms with Crippen LogP contribution in [0, 0.1) is 0 Å². The molecular weight excluding hydrogens is 1830 g/mol. The van der Waals surface area contributed by atoms with E-state index in [0.29, 0.717) is 58.3 Å². The van der Waals surface area contributed by atoms with Crippen molar-refractivity contribution >= 4 is 131 Å². The van der Waals surface area contributed by atoms with Gasteiger partial charge in [-0.1, -0.05) is 424 Å². The molecule has 702 valence electrons. The van der Waals surface area contributed by atoms with Crippen LogP contribution in [0.3, 0.4) is 0 Å². The molecule has 0 aliphatic carbocycles. The first kappa shape index (κ1) is 72.7. The van der Waals surface area contributed by atoms with Crippen molar-refractivity contribution in [2.24, 2.45) is 0 Å². The van der Waals surface area contributed by atoms with Crippen LogP contribution in [-0.4, -0.2) is 72.3 Å². The van der Waals surface area contributed by atoms with Crippen LogP contribution in [0.5, 0.6) is 0 Å². The summed E-state index contributed by atoms with van der Waals surface area (Å²) in [5.74, 6) is 4.44. The fraction of sp³-hybridized carbons (Fsp3) is 0. The van der Waals surface area contributed by atoms with Crippen LogP contribution in [0.15, 0.2) is 527 Å². The third kappa shape index (κ3) is 15.1. The molecule has 0 saturated carbocycles. The molecule has 0 atom stereocenters. The molecule has 0 fully saturated rings. The summed E-state index contributed by atoms with van der Waals surface area (Å²) < 4.78 is 142. The number of para-hydroxylation sites is 9. The molecule has 0 saturated heterocycles. The number of hydrogen-bond acceptors (Lipinski definition) is 9. The fourth-order valence-corrected chi connectivity index (χ4v) is 21.3. The highest BCUT2D eigenvalue weighted by atomic mass is 15.2. The van der Waals surface area contributed by atoms with E-state index in [4.69, 9.17) is 65.4 Å². The predicted octanol–water partition coefficient (Wildman–Crippen LogP) is 33.2. The Balaban J connectivity index is 0.000000116. The van der Waals surface area contributed by atoms with Crippen LogP contribution in [0.25, 0.3) is 267 Å². The molecular formula is C135H87N15. The van der Waals surface area contributed by atoms with Crippen LogP contribution in [0.2, 0.25) is 0 Å². The van der Waals surface area contributed by atoms with E-state index < -0.39 is 18.1 Å². The average molecular weight is 1930 g/mol. The molecule has 0 amide bonds. The van der Waals surface area contributed by atoms with E-state index in [9.17, 15) is 0 Å². The highest BCUT2D eigenvalue weighted by molar-refractivity contribution is 6.30. The quantitative estimate of drug-likeness (QED) is 0.0979. The van der Waals surface area contributed by atoms with Gasteiger partial charge in [0.15, 0.2) is 34.9 Å². The van der Waals surface area contributed by atoms with E-state index in [1.165, 1.54) is 0 Å². The summed E-state index contributed by atoms with van der Waals surface area (Å²) in [6.45, 7) is 0. The number of aromatic nitrogens is 15. The van der Waals surface area contributed by atoms with Crippen molar-refractivity contribution in [3.05, 3.63) is 527 Å². The lowest BCUT2D eigenvalue weighted by molar-refractivity contribution is 0.953. The first-order valence-electron chi connectivity index (χ1n) is 56.7. The van der Waals surface area contributed by atoms with Gasteiger partial charge in [-0.15, -0.1) is 0 Å². The molecule has 15 heteroatoms. The Morgan fingerprint density at radius 2 is 0.400 bits per heavy atom. The van der Waals surface area contributed by atoms with Crippen molar-refractivity contribution in [2.45, 2.75) is 0 Å². The molecule has 150 heavy (non-hydrogen) atoms. The maximum Gasteiger partial charge on any atom is 0.238 e. The molecule has 9 aromatic heterocycles. The van der Waals surface area contributed by atoms with E-state index in [1.807, 2.05) is 364 Å². The predicted molar refractivity (Wildman–Crippen MR) is 614 cm³/mol. The summed E-state index contributed by atoms with van der Waals surface area (Å²) in [6.07, 6.45) is 0. The van der Waals surface area contributed by atoms with E-state index in [-0.39, 0.29) is 89.6 Å². The molecule has 30 aromatic rings. The summed E-state index contributed by atoms with van der Waals surface area (Å²) >= 11 is 0. The average Bonchev–Trinajstić information content (AvgIpc) is 1.55. The van der Waals surface area contributed by atoms with Gasteiger partial charge in [0.2, 0.25) is 17.8 Å². The van der Waals surface area contributed by atoms with Crippen LogP contribution >= 0.6 is 0 Å². The van der Waals surface area contributed by atoms with Crippen molar-refractivity contribution in [3.63, 3.8) is 0 Å². The lowest BCUT2D eigenvalue weighted by Gasteiger charge is -2.13. The molecule has 21 aromatic carbocycles. The van der Waals surface area contributed by atoms with Crippen LogP contribution in [0.1, 0.15) is 20.6 Å². The van der Waals surface area contributed by atoms with Gasteiger partial charge in [-0.25, -0.2) is 15.0 Å². The number of rotatable bonds is 15. The lowest BCUT2D eigenvalue weighted by Crippen LogP contribution is -2.06. The molecule has 0 unspecified atom stereocenters. The highest BCUT2D eigenvalue weighted by Crippen LogP contribution is 2.48. The molecule has 9 heterocycles. The Kier molecular flexibility index (Phi) is 17.9. The van der Waals surface area contributed by atoms with Gasteiger partial charge in [0.1, 0.15) is 0 Å². The molecule has 30 rings (SSSR count). The first-order chi connectivity index (χ1) is 80.7. The number of benzene rings is 21. The Bertz CT molecular complexity index is 11400. The number of nitrogens with zero attached hydrogens (tertiary/aromatic N) is 15. The van der Waals surface area contributed by atoms with Crippen molar-refractivity contribution in [2.75, 3.05) is 0 Å². The van der Waals surface area contributed by atoms with Gasteiger partial charge in [0.25, 0.3) is 0 Å². The maximum absolute atomic E-state index is 9.03. The minimum atomic E-state index is -0.435. The first-order valence-corrected chi connectivity index (χ1v) is 49.2. The minimum Gasteiger partial charge on any atom is -0.309 e. The minimum absolute atomic E-state index is 0.0913. The summed E-state index contributed by atoms with van der Waals surface area (Å²) in [5.41, 5.74) is 21.1. The zero-order valence-corrected chi connectivity index (χ0v) is 79.8. The van der Waals surface area contributed by atoms with Crippen molar-refractivity contribution in [3.8, 4) is 137 Å². The van der Waals surface area contributed by atoms with Crippen LogP contribution in [0.4, 0.5) is 0 Å². The van der Waals surface area contributed by atoms with Gasteiger partial charge in [0, 0.05) is 115 Å². The number of fused-ring (bicyclic) bond motifs is 21. The normalized spacial score (nSPS) is 13.0. The van der Waals surface area contributed by atoms with E-state index in [0.717, 1.165) is 192 Å². The monoisotopic (exact) mass is 1930 g/mol. The van der Waals surface area contributed by atoms with Crippen molar-refractivity contribution in [1.29, 1.82) is 0 Å². The van der Waals surface area contributed by atoms with Crippen molar-refractivity contribution < 1.29 is 20.6 Å². The molecule has 0 radical (unpaired) electrons. The van der Waals surface area contributed by atoms with Gasteiger partial charge >= 0.3 is 0 Å². The summed E-state index contributed by atoms with van der Waals surface area (Å²) in [5, 5.41) is 10.7. The van der Waals surface area contributed by atoms with E-state index >= 15 is 0 Å². The summed E-state index contributed by atoms with van der Waals surface area (Å²) in [4.78, 5) is 46.0. The van der Waals surface area contributed by atoms with Crippen molar-refractivity contribution in [1.82, 2.24) is 72.3 Å². The smallest absolute Gasteiger partial charge is 0.238 e. The molecule has 0 bridgehead atoms. The zero-order chi connectivity index (χ0) is 112. The third-order valence-corrected chi connectivity index (χ3v) is 27.8. The van der Waals surface area contributed by atoms with Gasteiger partial charge in [-0.3, -0.25) is 13.7 Å². The number of hydrogen-bond donors (Lipinski definition) is 0. The standard InChI is InChI=1S/3C45H29N5/c1-4-15-30(16-5-1)32-19-14-20-33(29-32)44-46-43(31-17-6-2-7-18-31)47-45(48-44)50-39-26-13-11-24-37(39)41-40(50)28-27-36-35-23-10-12-25-38(35)49(42(36)41)34-21-8-3-9-22-34;1-4-14-30(15-5-1)31-24-26-33(27-25-31)44-46-43(32-16-6-2-7-17-32)47-45(48-44)50-39-23-13-11-21-37(39)41-40(50)29-28-36-35-20-10-12-22-38(35)49(42(36)41)34-18-8-3-9-19-34;1-4-16-30(17-5-1)33-22-10-11-23-34(33)44-46-43(31-18-6-2-7-19-31)47-45(48-44)50-38-27-15-13-25-36(38)42-40(50)29-28-39-41(42)35-24-12-14-26-37(35)49(39)32-20-8-3-9-21-32/h3*1-29H/i3D,8D,9D,21D,22D;3D,8D,9D,18D,19D;3D,8D,9D,20D,21D. The maximum atomic E-state index is 9.03. The second-order valence-electron chi connectivity index (χ2n) is 36.3. The SMILES string of the molecule is [2H]c1c([2H])c([2H])c(-n2c3ccccc3c3c4c5ccccc5n(-c5nc(-c6ccccc6)nc(-c6ccccc6-c6ccccc6)n5)c4ccc32)c([2H])c1[2H].[2H]c1c([2H])c([2H])c(-n2c3ccccc3c3ccc4c(c5ccccc5n4-c4nc(-c5ccccc5)nc(-c5ccc(-c6ccccc6)cc5)n4)c32)c([2H])c1[2H].[2H]c1c([2H])c([2H])c(-n2c3ccccc3c3ccc4c(c5ccccc5n4-c4nc(-c5ccccc5)nc(-c5cccc(-c6ccccc6)c5)n4)c32)c([2H])c1[2H]. The molecule has 0 N–H and O–H groups in total. The summed E-state index contributed by atoms with van der Waals surface area (Å²) in [7, 11) is 0. The molecule has 0 aliphatic rings. The Hall–Kier alpha value is -20.6. The lowest BCUT2D eigenvalue weighted by atomic mass is 9.99. The third-order valence-electron chi connectivity index (χ3n) is 27.8. The van der Waals surface area contributed by atoms with Gasteiger partial charge in [-0.05, 0) is 136 Å². The van der Waals surface area contributed by atoms with E-state index in [2.05, 4.69) is 95.6 Å². The topological polar surface area (TPSA) is 146 Å².